The van der Waals surface area contributed by atoms with Gasteiger partial charge in [0.05, 0.1) is 29.3 Å². The average Bonchev–Trinajstić information content (AvgIpc) is 2.79. The van der Waals surface area contributed by atoms with Gasteiger partial charge in [0.2, 0.25) is 5.91 Å². The van der Waals surface area contributed by atoms with Gasteiger partial charge in [0.1, 0.15) is 0 Å². The number of amides is 1. The Labute approximate surface area is 121 Å². The first kappa shape index (κ1) is 12.1. The molecule has 1 aliphatic carbocycles. The topological polar surface area (TPSA) is 72.1 Å². The number of nitrogens with zero attached hydrogens (tertiary/aromatic N) is 3. The molecule has 5 heteroatoms. The first-order chi connectivity index (χ1) is 10.2. The summed E-state index contributed by atoms with van der Waals surface area (Å²) in [6.07, 6.45) is 8.17. The van der Waals surface area contributed by atoms with Crippen molar-refractivity contribution in [2.24, 2.45) is 5.73 Å². The molecule has 0 saturated heterocycles. The van der Waals surface area contributed by atoms with Crippen LogP contribution in [0.5, 0.6) is 0 Å². The van der Waals surface area contributed by atoms with Gasteiger partial charge in [0.25, 0.3) is 0 Å². The van der Waals surface area contributed by atoms with E-state index in [2.05, 4.69) is 12.2 Å². The standard InChI is InChI=1S/C16H14N4O/c17-14(21)9-20-13-8-4-1-5-10(13)15-16(20)19-12-7-3-2-6-11(12)18-15/h1-8,10,13H,9H2,(H2,17,21)/t10-,13-/m0/s1. The number of rotatable bonds is 2. The first-order valence-electron chi connectivity index (χ1n) is 6.90. The number of carbonyl (C=O) groups excluding carboxylic acids is 1. The van der Waals surface area contributed by atoms with Crippen LogP contribution in [0, 0.1) is 0 Å². The maximum absolute atomic E-state index is 11.4. The molecule has 5 nitrogen and oxygen atoms in total. The van der Waals surface area contributed by atoms with Crippen molar-refractivity contribution in [3.05, 3.63) is 54.3 Å². The van der Waals surface area contributed by atoms with Crippen molar-refractivity contribution in [3.8, 4) is 0 Å². The van der Waals surface area contributed by atoms with Crippen LogP contribution in [0.25, 0.3) is 11.0 Å². The highest BCUT2D eigenvalue weighted by molar-refractivity contribution is 5.83. The number of hydrogen-bond donors (Lipinski definition) is 1. The molecule has 2 aliphatic rings. The Balaban J connectivity index is 1.92. The molecule has 2 atom stereocenters. The smallest absolute Gasteiger partial charge is 0.237 e. The summed E-state index contributed by atoms with van der Waals surface area (Å²) in [5.41, 5.74) is 8.01. The lowest BCUT2D eigenvalue weighted by Gasteiger charge is -2.25. The zero-order chi connectivity index (χ0) is 14.4. The third-order valence-corrected chi connectivity index (χ3v) is 3.96. The Kier molecular flexibility index (Phi) is 2.54. The van der Waals surface area contributed by atoms with Gasteiger partial charge in [-0.25, -0.2) is 9.97 Å². The molecule has 0 fully saturated rings. The molecule has 1 aliphatic heterocycles. The minimum atomic E-state index is -0.362. The maximum atomic E-state index is 11.4. The fourth-order valence-corrected chi connectivity index (χ4v) is 3.07. The predicted octanol–water partition coefficient (Wildman–Crippen LogP) is 1.51. The lowest BCUT2D eigenvalue weighted by molar-refractivity contribution is -0.116. The molecule has 21 heavy (non-hydrogen) atoms. The fraction of sp³-hybridized carbons (Fsp3) is 0.188. The normalized spacial score (nSPS) is 22.4. The van der Waals surface area contributed by atoms with E-state index in [0.717, 1.165) is 22.5 Å². The largest absolute Gasteiger partial charge is 0.368 e. The Morgan fingerprint density at radius 1 is 1.14 bits per heavy atom. The highest BCUT2D eigenvalue weighted by atomic mass is 16.1. The van der Waals surface area contributed by atoms with E-state index in [1.165, 1.54) is 0 Å². The van der Waals surface area contributed by atoms with Crippen LogP contribution >= 0.6 is 0 Å². The predicted molar refractivity (Wildman–Crippen MR) is 80.9 cm³/mol. The summed E-state index contributed by atoms with van der Waals surface area (Å²) >= 11 is 0. The Bertz CT molecular complexity index is 796. The monoisotopic (exact) mass is 278 g/mol. The van der Waals surface area contributed by atoms with Gasteiger partial charge < -0.3 is 10.6 Å². The van der Waals surface area contributed by atoms with Gasteiger partial charge in [-0.3, -0.25) is 4.79 Å². The Morgan fingerprint density at radius 3 is 2.62 bits per heavy atom. The molecular formula is C16H14N4O. The maximum Gasteiger partial charge on any atom is 0.237 e. The Hall–Kier alpha value is -2.69. The minimum Gasteiger partial charge on any atom is -0.368 e. The summed E-state index contributed by atoms with van der Waals surface area (Å²) in [5, 5.41) is 0. The molecule has 1 amide bonds. The Morgan fingerprint density at radius 2 is 1.86 bits per heavy atom. The molecule has 0 spiro atoms. The molecule has 0 bridgehead atoms. The van der Waals surface area contributed by atoms with E-state index in [-0.39, 0.29) is 24.4 Å². The van der Waals surface area contributed by atoms with Crippen molar-refractivity contribution in [1.82, 2.24) is 9.97 Å². The fourth-order valence-electron chi connectivity index (χ4n) is 3.07. The van der Waals surface area contributed by atoms with Crippen molar-refractivity contribution >= 4 is 22.8 Å². The van der Waals surface area contributed by atoms with E-state index in [1.54, 1.807) is 0 Å². The van der Waals surface area contributed by atoms with Gasteiger partial charge in [0.15, 0.2) is 5.82 Å². The minimum absolute atomic E-state index is 0.0642. The highest BCUT2D eigenvalue weighted by Crippen LogP contribution is 2.41. The first-order valence-corrected chi connectivity index (χ1v) is 6.90. The summed E-state index contributed by atoms with van der Waals surface area (Å²) < 4.78 is 0. The van der Waals surface area contributed by atoms with Gasteiger partial charge >= 0.3 is 0 Å². The summed E-state index contributed by atoms with van der Waals surface area (Å²) in [4.78, 5) is 22.8. The number of nitrogens with two attached hydrogens (primary N) is 1. The van der Waals surface area contributed by atoms with Crippen molar-refractivity contribution < 1.29 is 4.79 Å². The lowest BCUT2D eigenvalue weighted by Crippen LogP contribution is -2.39. The van der Waals surface area contributed by atoms with E-state index in [0.29, 0.717) is 0 Å². The molecule has 1 aromatic heterocycles. The third kappa shape index (κ3) is 1.81. The van der Waals surface area contributed by atoms with Crippen molar-refractivity contribution in [2.45, 2.75) is 12.0 Å². The summed E-state index contributed by atoms with van der Waals surface area (Å²) in [5.74, 6) is 0.527. The number of carbonyl (C=O) groups is 1. The molecule has 1 aromatic carbocycles. The zero-order valence-corrected chi connectivity index (χ0v) is 11.3. The number of primary amides is 1. The molecule has 4 rings (SSSR count). The van der Waals surface area contributed by atoms with Crippen LogP contribution in [-0.2, 0) is 4.79 Å². The van der Waals surface area contributed by atoms with Gasteiger partial charge in [-0.05, 0) is 12.1 Å². The molecule has 0 saturated carbocycles. The number of aromatic nitrogens is 2. The number of allylic oxidation sites excluding steroid dienone is 2. The second-order valence-corrected chi connectivity index (χ2v) is 5.30. The van der Waals surface area contributed by atoms with Gasteiger partial charge in [0, 0.05) is 5.92 Å². The zero-order valence-electron chi connectivity index (χ0n) is 11.3. The second-order valence-electron chi connectivity index (χ2n) is 5.30. The lowest BCUT2D eigenvalue weighted by atomic mass is 9.95. The molecule has 2 heterocycles. The third-order valence-electron chi connectivity index (χ3n) is 3.96. The van der Waals surface area contributed by atoms with E-state index >= 15 is 0 Å². The van der Waals surface area contributed by atoms with Crippen LogP contribution in [0.3, 0.4) is 0 Å². The molecule has 0 radical (unpaired) electrons. The van der Waals surface area contributed by atoms with E-state index < -0.39 is 0 Å². The summed E-state index contributed by atoms with van der Waals surface area (Å²) in [7, 11) is 0. The van der Waals surface area contributed by atoms with E-state index in [1.807, 2.05) is 41.3 Å². The summed E-state index contributed by atoms with van der Waals surface area (Å²) in [6.45, 7) is 0.152. The van der Waals surface area contributed by atoms with Crippen LogP contribution in [-0.4, -0.2) is 28.5 Å². The number of hydrogen-bond acceptors (Lipinski definition) is 4. The highest BCUT2D eigenvalue weighted by Gasteiger charge is 2.39. The second kappa shape index (κ2) is 4.41. The quantitative estimate of drug-likeness (QED) is 0.904. The van der Waals surface area contributed by atoms with Crippen LogP contribution in [0.4, 0.5) is 5.82 Å². The van der Waals surface area contributed by atoms with Crippen molar-refractivity contribution in [1.29, 1.82) is 0 Å². The molecule has 2 N–H and O–H groups in total. The molecule has 2 aromatic rings. The van der Waals surface area contributed by atoms with E-state index in [9.17, 15) is 4.79 Å². The van der Waals surface area contributed by atoms with Crippen LogP contribution in [0.2, 0.25) is 0 Å². The molecule has 0 unspecified atom stereocenters. The van der Waals surface area contributed by atoms with Crippen LogP contribution < -0.4 is 10.6 Å². The molecule has 104 valence electrons. The van der Waals surface area contributed by atoms with Crippen LogP contribution in [0.15, 0.2) is 48.6 Å². The number of benzene rings is 1. The number of anilines is 1. The summed E-state index contributed by atoms with van der Waals surface area (Å²) in [6, 6.07) is 7.83. The van der Waals surface area contributed by atoms with Gasteiger partial charge in [-0.2, -0.15) is 0 Å². The SMILES string of the molecule is NC(=O)CN1c2nc3ccccc3nc2[C@H]2C=CC=C[C@@H]21. The number of fused-ring (bicyclic) bond motifs is 4. The van der Waals surface area contributed by atoms with Gasteiger partial charge in [-0.15, -0.1) is 0 Å². The average molecular weight is 278 g/mol. The van der Waals surface area contributed by atoms with Crippen LogP contribution in [0.1, 0.15) is 11.6 Å². The van der Waals surface area contributed by atoms with Crippen molar-refractivity contribution in [3.63, 3.8) is 0 Å². The molecular weight excluding hydrogens is 264 g/mol. The van der Waals surface area contributed by atoms with Gasteiger partial charge in [-0.1, -0.05) is 36.4 Å². The van der Waals surface area contributed by atoms with E-state index in [4.69, 9.17) is 15.7 Å². The van der Waals surface area contributed by atoms with Crippen molar-refractivity contribution in [2.75, 3.05) is 11.4 Å². The number of para-hydroxylation sites is 2.